The molecule has 0 unspecified atom stereocenters. The fraction of sp³-hybridized carbons (Fsp3) is 0.312. The molecule has 3 aromatic carbocycles. The fourth-order valence-corrected chi connectivity index (χ4v) is 6.94. The molecule has 1 aliphatic heterocycles. The Morgan fingerprint density at radius 2 is 1.74 bits per heavy atom. The van der Waals surface area contributed by atoms with E-state index in [9.17, 15) is 17.6 Å². The highest BCUT2D eigenvalue weighted by molar-refractivity contribution is 7.90. The second kappa shape index (κ2) is 10.6. The highest BCUT2D eigenvalue weighted by Crippen LogP contribution is 2.35. The molecule has 0 aliphatic carbocycles. The quantitative estimate of drug-likeness (QED) is 0.229. The number of likely N-dealkylation sites (tertiary alicyclic amines) is 1. The number of ether oxygens (including phenoxy) is 1. The van der Waals surface area contributed by atoms with Crippen LogP contribution >= 0.6 is 0 Å². The Balaban J connectivity index is 1.30. The van der Waals surface area contributed by atoms with E-state index in [1.54, 1.807) is 35.4 Å². The fourth-order valence-electron chi connectivity index (χ4n) is 5.56. The number of piperidine rings is 1. The third-order valence-corrected chi connectivity index (χ3v) is 9.37. The Hall–Kier alpha value is -4.18. The van der Waals surface area contributed by atoms with Gasteiger partial charge in [0.2, 0.25) is 0 Å². The summed E-state index contributed by atoms with van der Waals surface area (Å²) in [7, 11) is -3.95. The number of rotatable bonds is 5. The highest BCUT2D eigenvalue weighted by Gasteiger charge is 2.28. The number of nitrogens with zero attached hydrogens (tertiary/aromatic N) is 4. The van der Waals surface area contributed by atoms with Crippen molar-refractivity contribution in [1.82, 2.24) is 18.7 Å². The zero-order valence-electron chi connectivity index (χ0n) is 23.8. The van der Waals surface area contributed by atoms with Gasteiger partial charge in [0.15, 0.2) is 0 Å². The first-order chi connectivity index (χ1) is 20.0. The van der Waals surface area contributed by atoms with Gasteiger partial charge in [0.25, 0.3) is 10.0 Å². The lowest BCUT2D eigenvalue weighted by molar-refractivity contribution is 0.0177. The molecule has 218 valence electrons. The van der Waals surface area contributed by atoms with Crippen molar-refractivity contribution < 1.29 is 22.3 Å². The van der Waals surface area contributed by atoms with Gasteiger partial charge < -0.3 is 9.64 Å². The zero-order valence-corrected chi connectivity index (χ0v) is 24.6. The summed E-state index contributed by atoms with van der Waals surface area (Å²) >= 11 is 0. The highest BCUT2D eigenvalue weighted by atomic mass is 32.2. The SMILES string of the molecule is CC(C)(C)OC(=O)N1CCC(Cn2ncc3ccc(-c4cn(S(=O)(=O)c5ccccc5)c5cc(F)ccc45)cc32)CC1. The molecule has 10 heteroatoms. The molecule has 0 bridgehead atoms. The van der Waals surface area contributed by atoms with Gasteiger partial charge in [0, 0.05) is 42.2 Å². The van der Waals surface area contributed by atoms with Gasteiger partial charge in [-0.25, -0.2) is 21.6 Å². The Labute approximate surface area is 244 Å². The van der Waals surface area contributed by atoms with Gasteiger partial charge in [-0.1, -0.05) is 30.3 Å². The average Bonchev–Trinajstić information content (AvgIpc) is 3.54. The number of carbonyl (C=O) groups is 1. The molecule has 0 saturated carbocycles. The predicted octanol–water partition coefficient (Wildman–Crippen LogP) is 6.68. The first-order valence-electron chi connectivity index (χ1n) is 14.0. The van der Waals surface area contributed by atoms with Crippen LogP contribution < -0.4 is 0 Å². The van der Waals surface area contributed by atoms with Crippen molar-refractivity contribution in [3.63, 3.8) is 0 Å². The molecule has 0 radical (unpaired) electrons. The molecule has 1 aliphatic rings. The lowest BCUT2D eigenvalue weighted by Gasteiger charge is -2.33. The maximum absolute atomic E-state index is 14.4. The monoisotopic (exact) mass is 588 g/mol. The Bertz CT molecular complexity index is 1880. The number of benzene rings is 3. The first kappa shape index (κ1) is 28.0. The van der Waals surface area contributed by atoms with Crippen molar-refractivity contribution in [1.29, 1.82) is 0 Å². The van der Waals surface area contributed by atoms with Gasteiger partial charge >= 0.3 is 6.09 Å². The minimum Gasteiger partial charge on any atom is -0.444 e. The topological polar surface area (TPSA) is 86.4 Å². The van der Waals surface area contributed by atoms with Gasteiger partial charge in [0.05, 0.1) is 22.1 Å². The van der Waals surface area contributed by atoms with Crippen LogP contribution in [-0.2, 0) is 21.3 Å². The first-order valence-corrected chi connectivity index (χ1v) is 15.5. The number of fused-ring (bicyclic) bond motifs is 2. The Morgan fingerprint density at radius 1 is 1.00 bits per heavy atom. The lowest BCUT2D eigenvalue weighted by Crippen LogP contribution is -2.42. The maximum atomic E-state index is 14.4. The maximum Gasteiger partial charge on any atom is 0.410 e. The van der Waals surface area contributed by atoms with Crippen molar-refractivity contribution in [2.45, 2.75) is 50.7 Å². The molecule has 0 atom stereocenters. The Morgan fingerprint density at radius 3 is 2.45 bits per heavy atom. The third kappa shape index (κ3) is 5.38. The summed E-state index contributed by atoms with van der Waals surface area (Å²) in [5, 5.41) is 6.25. The lowest BCUT2D eigenvalue weighted by atomic mass is 9.97. The third-order valence-electron chi connectivity index (χ3n) is 7.69. The minimum atomic E-state index is -3.95. The second-order valence-electron chi connectivity index (χ2n) is 11.8. The largest absolute Gasteiger partial charge is 0.444 e. The van der Waals surface area contributed by atoms with Crippen LogP contribution in [0.4, 0.5) is 9.18 Å². The molecule has 1 saturated heterocycles. The number of amides is 1. The van der Waals surface area contributed by atoms with Gasteiger partial charge in [0.1, 0.15) is 11.4 Å². The van der Waals surface area contributed by atoms with Crippen LogP contribution in [0.25, 0.3) is 32.9 Å². The molecule has 1 amide bonds. The normalized spacial score (nSPS) is 15.0. The van der Waals surface area contributed by atoms with Crippen LogP contribution in [0, 0.1) is 11.7 Å². The molecule has 42 heavy (non-hydrogen) atoms. The number of hydrogen-bond acceptors (Lipinski definition) is 5. The summed E-state index contributed by atoms with van der Waals surface area (Å²) in [4.78, 5) is 14.4. The van der Waals surface area contributed by atoms with E-state index in [-0.39, 0.29) is 16.5 Å². The van der Waals surface area contributed by atoms with Crippen LogP contribution in [0.15, 0.2) is 84.0 Å². The predicted molar refractivity (Wildman–Crippen MR) is 160 cm³/mol. The molecule has 6 rings (SSSR count). The summed E-state index contributed by atoms with van der Waals surface area (Å²) < 4.78 is 50.2. The van der Waals surface area contributed by atoms with E-state index in [4.69, 9.17) is 4.74 Å². The van der Waals surface area contributed by atoms with Crippen LogP contribution in [0.5, 0.6) is 0 Å². The average molecular weight is 589 g/mol. The van der Waals surface area contributed by atoms with Crippen molar-refractivity contribution in [2.75, 3.05) is 13.1 Å². The van der Waals surface area contributed by atoms with Crippen LogP contribution in [0.3, 0.4) is 0 Å². The minimum absolute atomic E-state index is 0.129. The molecular formula is C32H33FN4O4S. The second-order valence-corrected chi connectivity index (χ2v) is 13.6. The van der Waals surface area contributed by atoms with Crippen LogP contribution in [0.2, 0.25) is 0 Å². The van der Waals surface area contributed by atoms with E-state index < -0.39 is 21.4 Å². The van der Waals surface area contributed by atoms with E-state index in [0.717, 1.165) is 33.3 Å². The molecule has 8 nitrogen and oxygen atoms in total. The summed E-state index contributed by atoms with van der Waals surface area (Å²) in [6.45, 7) is 7.57. The summed E-state index contributed by atoms with van der Waals surface area (Å²) in [5.41, 5.74) is 2.17. The molecule has 5 aromatic rings. The van der Waals surface area contributed by atoms with Gasteiger partial charge in [-0.3, -0.25) is 4.68 Å². The molecule has 0 N–H and O–H groups in total. The van der Waals surface area contributed by atoms with Gasteiger partial charge in [-0.15, -0.1) is 0 Å². The summed E-state index contributed by atoms with van der Waals surface area (Å²) in [5.74, 6) is -0.167. The van der Waals surface area contributed by atoms with E-state index in [1.165, 1.54) is 24.3 Å². The molecule has 1 fully saturated rings. The number of halogens is 1. The molecule has 0 spiro atoms. The van der Waals surface area contributed by atoms with Crippen molar-refractivity contribution >= 4 is 37.9 Å². The van der Waals surface area contributed by atoms with Gasteiger partial charge in [-0.05, 0) is 81.5 Å². The number of carbonyl (C=O) groups excluding carboxylic acids is 1. The van der Waals surface area contributed by atoms with Crippen LogP contribution in [-0.4, -0.2) is 51.9 Å². The van der Waals surface area contributed by atoms with Crippen molar-refractivity contribution in [2.24, 2.45) is 5.92 Å². The van der Waals surface area contributed by atoms with Crippen molar-refractivity contribution in [3.8, 4) is 11.1 Å². The molecular weight excluding hydrogens is 555 g/mol. The standard InChI is InChI=1S/C32H33FN4O4S/c1-32(2,3)41-31(38)35-15-13-22(14-16-35)20-36-29-17-23(9-10-24(29)19-34-36)28-21-37(30-18-25(33)11-12-27(28)30)42(39,40)26-7-5-4-6-8-26/h4-12,17-19,21-22H,13-16,20H2,1-3H3. The van der Waals surface area contributed by atoms with Crippen molar-refractivity contribution in [3.05, 3.63) is 84.9 Å². The van der Waals surface area contributed by atoms with Crippen LogP contribution in [0.1, 0.15) is 33.6 Å². The smallest absolute Gasteiger partial charge is 0.410 e. The molecule has 2 aromatic heterocycles. The number of aromatic nitrogens is 3. The summed E-state index contributed by atoms with van der Waals surface area (Å²) in [6, 6.07) is 18.3. The summed E-state index contributed by atoms with van der Waals surface area (Å²) in [6.07, 6.45) is 4.81. The van der Waals surface area contributed by atoms with Gasteiger partial charge in [-0.2, -0.15) is 5.10 Å². The molecule has 3 heterocycles. The van der Waals surface area contributed by atoms with E-state index >= 15 is 0 Å². The van der Waals surface area contributed by atoms with E-state index in [2.05, 4.69) is 5.10 Å². The van der Waals surface area contributed by atoms with E-state index in [0.29, 0.717) is 36.5 Å². The number of hydrogen-bond donors (Lipinski definition) is 0. The van der Waals surface area contributed by atoms with E-state index in [1.807, 2.05) is 49.8 Å². The Kier molecular flexibility index (Phi) is 7.04. The zero-order chi connectivity index (χ0) is 29.6.